The Hall–Kier alpha value is -3.85. The molecule has 1 aromatic carbocycles. The number of ether oxygens (including phenoxy) is 1. The Balaban J connectivity index is 1.75. The van der Waals surface area contributed by atoms with Gasteiger partial charge in [0, 0.05) is 24.2 Å². The van der Waals surface area contributed by atoms with E-state index in [9.17, 15) is 0 Å². The van der Waals surface area contributed by atoms with Crippen molar-refractivity contribution in [1.82, 2.24) is 9.97 Å². The van der Waals surface area contributed by atoms with Gasteiger partial charge in [0.2, 0.25) is 5.88 Å². The van der Waals surface area contributed by atoms with Crippen LogP contribution in [0.1, 0.15) is 11.1 Å². The summed E-state index contributed by atoms with van der Waals surface area (Å²) in [5.74, 6) is 6.66. The molecule has 2 aromatic heterocycles. The number of anilines is 3. The monoisotopic (exact) mass is 392 g/mol. The van der Waals surface area contributed by atoms with Crippen molar-refractivity contribution in [2.45, 2.75) is 13.0 Å². The number of aliphatic imine (C=N–C) groups is 1. The van der Waals surface area contributed by atoms with E-state index in [1.165, 1.54) is 6.20 Å². The first-order valence-corrected chi connectivity index (χ1v) is 8.89. The predicted octanol–water partition coefficient (Wildman–Crippen LogP) is 1.74. The lowest BCUT2D eigenvalue weighted by Crippen LogP contribution is -2.14. The molecule has 2 heterocycles. The molecule has 0 unspecified atom stereocenters. The third kappa shape index (κ3) is 4.53. The topological polar surface area (TPSA) is 163 Å². The zero-order valence-electron chi connectivity index (χ0n) is 16.1. The van der Waals surface area contributed by atoms with Crippen molar-refractivity contribution in [3.8, 4) is 5.88 Å². The number of nitrogens with two attached hydrogens (primary N) is 4. The Kier molecular flexibility index (Phi) is 6.10. The van der Waals surface area contributed by atoms with Crippen LogP contribution in [0.3, 0.4) is 0 Å². The van der Waals surface area contributed by atoms with E-state index in [1.807, 2.05) is 24.3 Å². The van der Waals surface area contributed by atoms with Crippen molar-refractivity contribution in [2.24, 2.45) is 16.6 Å². The van der Waals surface area contributed by atoms with Crippen LogP contribution in [0.15, 0.2) is 53.3 Å². The summed E-state index contributed by atoms with van der Waals surface area (Å²) in [7, 11) is 1.61. The number of hydrogen-bond acceptors (Lipinski definition) is 9. The quantitative estimate of drug-likeness (QED) is 0.230. The predicted molar refractivity (Wildman–Crippen MR) is 117 cm³/mol. The molecule has 9 heteroatoms. The number of aromatic nitrogens is 2. The zero-order chi connectivity index (χ0) is 20.8. The number of hydrazine groups is 1. The van der Waals surface area contributed by atoms with Crippen LogP contribution in [0.25, 0.3) is 10.8 Å². The maximum absolute atomic E-state index is 6.07. The number of nitrogens with one attached hydrogen (secondary N) is 1. The highest BCUT2D eigenvalue weighted by atomic mass is 16.5. The number of fused-ring (bicyclic) bond motifs is 1. The lowest BCUT2D eigenvalue weighted by molar-refractivity contribution is 0.403. The molecule has 9 N–H and O–H groups in total. The van der Waals surface area contributed by atoms with Crippen LogP contribution < -0.4 is 33.2 Å². The van der Waals surface area contributed by atoms with Gasteiger partial charge in [-0.2, -0.15) is 0 Å². The highest BCUT2D eigenvalue weighted by molar-refractivity contribution is 5.87. The van der Waals surface area contributed by atoms with Gasteiger partial charge in [-0.15, -0.1) is 0 Å². The lowest BCUT2D eigenvalue weighted by atomic mass is 10.1. The van der Waals surface area contributed by atoms with Gasteiger partial charge in [-0.25, -0.2) is 15.8 Å². The van der Waals surface area contributed by atoms with Gasteiger partial charge in [0.25, 0.3) is 0 Å². The molecule has 29 heavy (non-hydrogen) atoms. The van der Waals surface area contributed by atoms with Gasteiger partial charge >= 0.3 is 0 Å². The second-order valence-electron chi connectivity index (χ2n) is 6.38. The van der Waals surface area contributed by atoms with Crippen LogP contribution in [0, 0.1) is 0 Å². The van der Waals surface area contributed by atoms with Crippen molar-refractivity contribution in [2.75, 3.05) is 24.0 Å². The van der Waals surface area contributed by atoms with Crippen LogP contribution >= 0.6 is 0 Å². The molecule has 3 aromatic rings. The molecule has 0 aliphatic carbocycles. The minimum absolute atomic E-state index is 0.314. The van der Waals surface area contributed by atoms with Crippen LogP contribution in [-0.2, 0) is 13.0 Å². The van der Waals surface area contributed by atoms with E-state index in [0.717, 1.165) is 27.5 Å². The van der Waals surface area contributed by atoms with Crippen LogP contribution in [0.4, 0.5) is 17.3 Å². The largest absolute Gasteiger partial charge is 0.481 e. The molecule has 0 spiro atoms. The highest BCUT2D eigenvalue weighted by Crippen LogP contribution is 2.25. The number of nitrogen functional groups attached to an aromatic ring is 3. The van der Waals surface area contributed by atoms with Crippen LogP contribution in [0.2, 0.25) is 0 Å². The molecule has 0 aliphatic heterocycles. The maximum atomic E-state index is 6.07. The van der Waals surface area contributed by atoms with E-state index in [2.05, 4.69) is 20.4 Å². The minimum Gasteiger partial charge on any atom is -0.481 e. The average molecular weight is 392 g/mol. The van der Waals surface area contributed by atoms with Crippen molar-refractivity contribution in [1.29, 1.82) is 0 Å². The Morgan fingerprint density at radius 2 is 2.07 bits per heavy atom. The van der Waals surface area contributed by atoms with E-state index >= 15 is 0 Å². The standard InChI is InChI=1S/C20H24N8O/c1-29-20-16-7-12(2-3-14(16)4-5-26-20)10-25-11-13(9-21)6-15-8-17(22)27-19(28-24)18(15)23/h2-5,7-9,11H,6,10,21,23-24H2,1H3,(H3,22,27,28). The van der Waals surface area contributed by atoms with E-state index < -0.39 is 0 Å². The van der Waals surface area contributed by atoms with Crippen molar-refractivity contribution >= 4 is 34.3 Å². The molecule has 3 rings (SSSR count). The zero-order valence-corrected chi connectivity index (χ0v) is 16.1. The van der Waals surface area contributed by atoms with Gasteiger partial charge in [-0.05, 0) is 46.5 Å². The number of pyridine rings is 2. The Bertz CT molecular complexity index is 1080. The first kappa shape index (κ1) is 19.9. The fourth-order valence-electron chi connectivity index (χ4n) is 2.97. The van der Waals surface area contributed by atoms with E-state index in [0.29, 0.717) is 36.2 Å². The molecule has 0 amide bonds. The summed E-state index contributed by atoms with van der Waals surface area (Å²) in [4.78, 5) is 12.8. The Morgan fingerprint density at radius 3 is 2.79 bits per heavy atom. The molecule has 0 saturated carbocycles. The van der Waals surface area contributed by atoms with E-state index in [4.69, 9.17) is 27.8 Å². The van der Waals surface area contributed by atoms with E-state index in [1.54, 1.807) is 25.6 Å². The first-order chi connectivity index (χ1) is 14.0. The molecule has 9 nitrogen and oxygen atoms in total. The summed E-state index contributed by atoms with van der Waals surface area (Å²) in [6.45, 7) is 0.481. The van der Waals surface area contributed by atoms with Crippen molar-refractivity contribution in [3.05, 3.63) is 59.4 Å². The van der Waals surface area contributed by atoms with Gasteiger partial charge < -0.3 is 27.4 Å². The number of methoxy groups -OCH3 is 1. The second kappa shape index (κ2) is 8.89. The summed E-state index contributed by atoms with van der Waals surface area (Å²) < 4.78 is 5.33. The summed E-state index contributed by atoms with van der Waals surface area (Å²) in [5.41, 5.74) is 23.1. The van der Waals surface area contributed by atoms with Gasteiger partial charge in [0.15, 0.2) is 5.82 Å². The van der Waals surface area contributed by atoms with Gasteiger partial charge in [-0.3, -0.25) is 4.99 Å². The third-order valence-corrected chi connectivity index (χ3v) is 4.43. The Morgan fingerprint density at radius 1 is 1.24 bits per heavy atom. The molecular weight excluding hydrogens is 368 g/mol. The minimum atomic E-state index is 0.314. The summed E-state index contributed by atoms with van der Waals surface area (Å²) in [6, 6.07) is 9.69. The highest BCUT2D eigenvalue weighted by Gasteiger charge is 2.09. The number of nitrogens with zero attached hydrogens (tertiary/aromatic N) is 3. The summed E-state index contributed by atoms with van der Waals surface area (Å²) in [5, 5.41) is 2.00. The SMILES string of the molecule is COc1nccc2ccc(CN=CC(=CN)Cc3cc(N)nc(NN)c3N)cc12. The number of hydrogen-bond donors (Lipinski definition) is 5. The lowest BCUT2D eigenvalue weighted by Gasteiger charge is -2.11. The average Bonchev–Trinajstić information content (AvgIpc) is 2.74. The number of allylic oxidation sites excluding steroid dienone is 1. The van der Waals surface area contributed by atoms with Gasteiger partial charge in [0.05, 0.1) is 19.3 Å². The third-order valence-electron chi connectivity index (χ3n) is 4.43. The van der Waals surface area contributed by atoms with Crippen LogP contribution in [-0.4, -0.2) is 23.3 Å². The molecule has 150 valence electrons. The second-order valence-corrected chi connectivity index (χ2v) is 6.38. The van der Waals surface area contributed by atoms with Crippen molar-refractivity contribution in [3.63, 3.8) is 0 Å². The normalized spacial score (nSPS) is 11.9. The van der Waals surface area contributed by atoms with E-state index in [-0.39, 0.29) is 0 Å². The maximum Gasteiger partial charge on any atom is 0.221 e. The van der Waals surface area contributed by atoms with Crippen LogP contribution in [0.5, 0.6) is 5.88 Å². The fourth-order valence-corrected chi connectivity index (χ4v) is 2.97. The number of rotatable bonds is 7. The number of benzene rings is 1. The molecule has 0 fully saturated rings. The first-order valence-electron chi connectivity index (χ1n) is 8.89. The Labute approximate surface area is 168 Å². The molecular formula is C20H24N8O. The molecule has 0 radical (unpaired) electrons. The summed E-state index contributed by atoms with van der Waals surface area (Å²) in [6.07, 6.45) is 5.38. The fraction of sp³-hybridized carbons (Fsp3) is 0.150. The smallest absolute Gasteiger partial charge is 0.221 e. The van der Waals surface area contributed by atoms with Crippen molar-refractivity contribution < 1.29 is 4.74 Å². The van der Waals surface area contributed by atoms with Gasteiger partial charge in [-0.1, -0.05) is 12.1 Å². The van der Waals surface area contributed by atoms with Gasteiger partial charge in [0.1, 0.15) is 5.82 Å². The molecule has 0 atom stereocenters. The molecule has 0 saturated heterocycles. The summed E-state index contributed by atoms with van der Waals surface area (Å²) >= 11 is 0. The molecule has 0 aliphatic rings. The molecule has 0 bridgehead atoms.